The average molecular weight is 1070 g/mol. The van der Waals surface area contributed by atoms with Gasteiger partial charge in [0.1, 0.15) is 5.92 Å². The predicted octanol–water partition coefficient (Wildman–Crippen LogP) is 8.43. The van der Waals surface area contributed by atoms with Gasteiger partial charge in [-0.2, -0.15) is 0 Å². The fourth-order valence-corrected chi connectivity index (χ4v) is 17.2. The van der Waals surface area contributed by atoms with E-state index < -0.39 is 37.0 Å². The number of ether oxygens (including phenoxy) is 1. The summed E-state index contributed by atoms with van der Waals surface area (Å²) in [5.41, 5.74) is 10.6. The Bertz CT molecular complexity index is 3350. The van der Waals surface area contributed by atoms with Gasteiger partial charge in [-0.25, -0.2) is 0 Å². The summed E-state index contributed by atoms with van der Waals surface area (Å²) in [6.07, 6.45) is 3.35. The van der Waals surface area contributed by atoms with Crippen molar-refractivity contribution in [3.05, 3.63) is 160 Å². The first-order chi connectivity index (χ1) is 37.6. The van der Waals surface area contributed by atoms with Crippen molar-refractivity contribution in [3.8, 4) is 0 Å². The van der Waals surface area contributed by atoms with E-state index in [0.29, 0.717) is 94.1 Å². The van der Waals surface area contributed by atoms with E-state index in [1.165, 1.54) is 23.0 Å². The number of carbonyl (C=O) groups excluding carboxylic acids is 6. The van der Waals surface area contributed by atoms with E-state index in [1.807, 2.05) is 93.6 Å². The van der Waals surface area contributed by atoms with Crippen molar-refractivity contribution in [2.24, 2.45) is 5.84 Å². The molecular weight excluding hydrogens is 1000 g/mol. The quantitative estimate of drug-likeness (QED) is 0.00663. The average Bonchev–Trinajstić information content (AvgIpc) is 4.40. The zero-order valence-corrected chi connectivity index (χ0v) is 46.5. The van der Waals surface area contributed by atoms with E-state index in [0.717, 1.165) is 23.4 Å². The zero-order valence-electron chi connectivity index (χ0n) is 45.5. The Morgan fingerprint density at radius 2 is 1.31 bits per heavy atom. The van der Waals surface area contributed by atoms with Gasteiger partial charge in [-0.1, -0.05) is 20.8 Å². The van der Waals surface area contributed by atoms with Crippen LogP contribution < -0.4 is 37.8 Å². The number of Topliss-reactive ketones (excluding diaryl/α,β-unsaturated/α-hetero) is 2. The molecule has 0 spiro atoms. The minimum atomic E-state index is -2.70. The molecular formula is C62H71N8O7P. The van der Waals surface area contributed by atoms with E-state index in [1.54, 1.807) is 6.92 Å². The second kappa shape index (κ2) is 23.6. The molecule has 9 rings (SSSR count). The van der Waals surface area contributed by atoms with Crippen molar-refractivity contribution in [1.82, 2.24) is 36.0 Å². The van der Waals surface area contributed by atoms with Crippen molar-refractivity contribution < 1.29 is 33.5 Å². The third-order valence-electron chi connectivity index (χ3n) is 16.7. The van der Waals surface area contributed by atoms with Crippen LogP contribution in [0, 0.1) is 13.8 Å². The third-order valence-corrected chi connectivity index (χ3v) is 21.6. The Morgan fingerprint density at radius 3 is 1.90 bits per heavy atom. The molecule has 8 bridgehead atoms. The Morgan fingerprint density at radius 1 is 0.731 bits per heavy atom. The summed E-state index contributed by atoms with van der Waals surface area (Å²) in [6, 6.07) is 36.1. The van der Waals surface area contributed by atoms with Crippen molar-refractivity contribution in [1.29, 1.82) is 0 Å². The normalized spacial score (nSPS) is 18.3. The molecule has 406 valence electrons. The number of aromatic nitrogens is 4. The molecule has 2 aliphatic heterocycles. The van der Waals surface area contributed by atoms with Crippen molar-refractivity contribution in [2.75, 3.05) is 19.8 Å². The number of hydrogen-bond donors (Lipinski definition) is 6. The molecule has 16 heteroatoms. The molecule has 3 amide bonds. The number of rotatable bonds is 19. The van der Waals surface area contributed by atoms with Crippen LogP contribution in [0.1, 0.15) is 162 Å². The molecule has 6 aromatic rings. The number of unbranched alkanes of at least 4 members (excludes halogenated alkanes) is 1. The van der Waals surface area contributed by atoms with Crippen LogP contribution in [0.5, 0.6) is 0 Å². The van der Waals surface area contributed by atoms with E-state index in [9.17, 15) is 28.8 Å². The van der Waals surface area contributed by atoms with Crippen molar-refractivity contribution in [2.45, 2.75) is 122 Å². The monoisotopic (exact) mass is 1070 g/mol. The molecule has 0 radical (unpaired) electrons. The van der Waals surface area contributed by atoms with Crippen LogP contribution in [-0.4, -0.2) is 81.1 Å². The molecule has 0 saturated heterocycles. The fourth-order valence-electron chi connectivity index (χ4n) is 12.4. The van der Waals surface area contributed by atoms with E-state index in [4.69, 9.17) is 20.5 Å². The topological polar surface area (TPSA) is 231 Å². The maximum atomic E-state index is 14.5. The van der Waals surface area contributed by atoms with Gasteiger partial charge >= 0.3 is 225 Å². The molecule has 5 heterocycles. The number of nitrogens with one attached hydrogen (secondary N) is 5. The molecule has 1 aliphatic carbocycles. The van der Waals surface area contributed by atoms with E-state index >= 15 is 0 Å². The maximum absolute atomic E-state index is 14.5. The molecule has 0 saturated carbocycles. The van der Waals surface area contributed by atoms with Gasteiger partial charge in [-0.05, 0) is 62.9 Å². The number of benzene rings is 3. The summed E-state index contributed by atoms with van der Waals surface area (Å²) in [5.74, 6) is 1.72. The molecule has 78 heavy (non-hydrogen) atoms. The number of amides is 3. The van der Waals surface area contributed by atoms with Crippen LogP contribution in [-0.2, 0) is 23.9 Å². The van der Waals surface area contributed by atoms with Gasteiger partial charge in [0, 0.05) is 68.5 Å². The first kappa shape index (κ1) is 55.2. The fraction of sp³-hybridized carbons (Fsp3) is 0.355. The first-order valence-electron chi connectivity index (χ1n) is 27.2. The molecule has 7 N–H and O–H groups in total. The predicted molar refractivity (Wildman–Crippen MR) is 309 cm³/mol. The number of methoxy groups -OCH3 is 1. The van der Waals surface area contributed by atoms with Gasteiger partial charge in [0.15, 0.2) is 11.6 Å². The standard InChI is InChI=1S/C62H71N8O7P/c1-8-43-35(2)46-34-51-54(39(6)71)37(4)48(66-51)32-47-36(3)44(58(68-47)56-57(62(76)77-7)60(74)55-38(5)49(69-59(55)56)33-50(43)65-46)27-28-52(72)64-30-19-18-26-45(61(75)70-63)67-53(73)29-31-78(40-20-12-9-13-21-40,41-22-14-10-15-23-41)42-24-16-11-17-25-42/h9-17,20-25,32-36,43-45,57,66,69,78H,8,18-19,26-31,63H2,1-7H3,(H,64,72)(H,67,73)(H,70,75)/t35-,36+,43-,44+,45+,57?/m1/s1. The summed E-state index contributed by atoms with van der Waals surface area (Å²) in [5, 5.41) is 9.56. The number of hydrazine groups is 1. The van der Waals surface area contributed by atoms with Crippen molar-refractivity contribution >= 4 is 80.5 Å². The Hall–Kier alpha value is -7.61. The summed E-state index contributed by atoms with van der Waals surface area (Å²) in [4.78, 5) is 99.8. The van der Waals surface area contributed by atoms with Crippen LogP contribution >= 0.6 is 7.26 Å². The number of aryl methyl sites for hydroxylation is 2. The SMILES string of the molecule is CC[C@H]1c2cc3[nH]c4c(c3C)C(=O)C(C(=O)OC)c4c3nc(cc4[nH]c(cc(n2)[C@@H]1C)c(C(C)=O)c4C)[C@@H](C)[C@@H]3CCC(=O)NCCCC[C@H](NC(=O)CC[PH](c1ccccc1)(c1ccccc1)c1ccccc1)C(=O)NN. The van der Waals surface area contributed by atoms with E-state index in [2.05, 4.69) is 76.3 Å². The molecule has 1 unspecified atom stereocenters. The van der Waals surface area contributed by atoms with Crippen LogP contribution in [0.2, 0.25) is 0 Å². The number of fused-ring (bicyclic) bond motifs is 8. The third kappa shape index (κ3) is 10.6. The molecule has 3 aromatic carbocycles. The molecule has 3 aliphatic rings. The summed E-state index contributed by atoms with van der Waals surface area (Å²) in [6.45, 7) is 11.9. The number of ketones is 2. The number of nitrogens with zero attached hydrogens (tertiary/aromatic N) is 2. The van der Waals surface area contributed by atoms with Gasteiger partial charge in [0.05, 0.1) is 23.8 Å². The van der Waals surface area contributed by atoms with Gasteiger partial charge in [0.2, 0.25) is 0 Å². The number of esters is 1. The molecule has 15 nitrogen and oxygen atoms in total. The number of carbonyl (C=O) groups is 6. The Balaban J connectivity index is 0.927. The van der Waals surface area contributed by atoms with Crippen LogP contribution in [0.3, 0.4) is 0 Å². The van der Waals surface area contributed by atoms with Gasteiger partial charge in [-0.3, -0.25) is 24.4 Å². The molecule has 0 fully saturated rings. The number of aromatic amines is 2. The number of hydrogen-bond acceptors (Lipinski definition) is 10. The first-order valence-corrected chi connectivity index (χ1v) is 29.5. The van der Waals surface area contributed by atoms with Crippen molar-refractivity contribution in [3.63, 3.8) is 0 Å². The summed E-state index contributed by atoms with van der Waals surface area (Å²) in [7, 11) is -1.43. The van der Waals surface area contributed by atoms with E-state index in [-0.39, 0.29) is 54.0 Å². The van der Waals surface area contributed by atoms with Gasteiger partial charge in [0.25, 0.3) is 0 Å². The summed E-state index contributed by atoms with van der Waals surface area (Å²) < 4.78 is 5.29. The van der Waals surface area contributed by atoms with Crippen LogP contribution in [0.15, 0.2) is 109 Å². The van der Waals surface area contributed by atoms with Gasteiger partial charge < -0.3 is 14.7 Å². The second-order valence-corrected chi connectivity index (χ2v) is 25.2. The van der Waals surface area contributed by atoms with Crippen LogP contribution in [0.4, 0.5) is 0 Å². The number of H-pyrrole nitrogens is 2. The Labute approximate surface area is 455 Å². The minimum absolute atomic E-state index is 0.0541. The molecule has 6 atom stereocenters. The van der Waals surface area contributed by atoms with Gasteiger partial charge in [-0.15, -0.1) is 0 Å². The summed E-state index contributed by atoms with van der Waals surface area (Å²) >= 11 is 0. The van der Waals surface area contributed by atoms with Crippen LogP contribution in [0.25, 0.3) is 22.1 Å². The number of nitrogens with two attached hydrogens (primary N) is 1. The Kier molecular flexibility index (Phi) is 16.7. The molecule has 3 aromatic heterocycles. The zero-order chi connectivity index (χ0) is 55.4. The second-order valence-electron chi connectivity index (χ2n) is 21.2.